The molecule has 0 saturated heterocycles. The SMILES string of the molecule is CC(C)(C)N=Nc1ccc(Br)cc1O. The summed E-state index contributed by atoms with van der Waals surface area (Å²) in [5.74, 6) is 0.132. The van der Waals surface area contributed by atoms with Crippen molar-refractivity contribution >= 4 is 21.6 Å². The van der Waals surface area contributed by atoms with Crippen molar-refractivity contribution in [3.05, 3.63) is 22.7 Å². The first kappa shape index (κ1) is 11.2. The highest BCUT2D eigenvalue weighted by Gasteiger charge is 2.07. The van der Waals surface area contributed by atoms with E-state index in [-0.39, 0.29) is 11.3 Å². The van der Waals surface area contributed by atoms with Gasteiger partial charge in [-0.3, -0.25) is 0 Å². The number of phenols is 1. The normalized spacial score (nSPS) is 12.3. The van der Waals surface area contributed by atoms with Crippen LogP contribution in [0.15, 0.2) is 32.9 Å². The topological polar surface area (TPSA) is 45.0 Å². The van der Waals surface area contributed by atoms with Gasteiger partial charge in [-0.05, 0) is 39.0 Å². The summed E-state index contributed by atoms with van der Waals surface area (Å²) in [6.07, 6.45) is 0. The van der Waals surface area contributed by atoms with Gasteiger partial charge in [0.1, 0.15) is 11.4 Å². The molecule has 0 aliphatic rings. The van der Waals surface area contributed by atoms with E-state index in [0.717, 1.165) is 4.47 Å². The Bertz CT molecular complexity index is 356. The van der Waals surface area contributed by atoms with Crippen molar-refractivity contribution < 1.29 is 5.11 Å². The van der Waals surface area contributed by atoms with Crippen molar-refractivity contribution in [1.82, 2.24) is 0 Å². The molecule has 14 heavy (non-hydrogen) atoms. The van der Waals surface area contributed by atoms with Crippen molar-refractivity contribution in [2.75, 3.05) is 0 Å². The highest BCUT2D eigenvalue weighted by molar-refractivity contribution is 9.10. The van der Waals surface area contributed by atoms with Gasteiger partial charge in [-0.25, -0.2) is 0 Å². The molecule has 0 aromatic heterocycles. The maximum atomic E-state index is 9.50. The standard InChI is InChI=1S/C10H13BrN2O/c1-10(2,3)13-12-8-5-4-7(11)6-9(8)14/h4-6,14H,1-3H3. The fourth-order valence-corrected chi connectivity index (χ4v) is 1.13. The Morgan fingerprint density at radius 3 is 2.43 bits per heavy atom. The first-order valence-electron chi connectivity index (χ1n) is 4.30. The molecular weight excluding hydrogens is 244 g/mol. The molecule has 1 aromatic rings. The second kappa shape index (κ2) is 4.09. The highest BCUT2D eigenvalue weighted by atomic mass is 79.9. The van der Waals surface area contributed by atoms with Crippen LogP contribution in [-0.4, -0.2) is 10.6 Å². The smallest absolute Gasteiger partial charge is 0.144 e. The van der Waals surface area contributed by atoms with Gasteiger partial charge in [0.15, 0.2) is 0 Å². The summed E-state index contributed by atoms with van der Waals surface area (Å²) in [6.45, 7) is 5.85. The van der Waals surface area contributed by atoms with E-state index in [1.807, 2.05) is 26.8 Å². The number of halogens is 1. The van der Waals surface area contributed by atoms with Crippen LogP contribution in [0.5, 0.6) is 5.75 Å². The molecule has 1 aromatic carbocycles. The number of benzene rings is 1. The Balaban J connectivity index is 2.93. The Hall–Kier alpha value is -0.900. The molecule has 0 spiro atoms. The predicted molar refractivity (Wildman–Crippen MR) is 60.1 cm³/mol. The van der Waals surface area contributed by atoms with Crippen molar-refractivity contribution in [2.45, 2.75) is 26.3 Å². The maximum absolute atomic E-state index is 9.50. The summed E-state index contributed by atoms with van der Waals surface area (Å²) in [4.78, 5) is 0. The number of phenolic OH excluding ortho intramolecular Hbond substituents is 1. The van der Waals surface area contributed by atoms with E-state index in [2.05, 4.69) is 26.2 Å². The number of nitrogens with zero attached hydrogens (tertiary/aromatic N) is 2. The van der Waals surface area contributed by atoms with Gasteiger partial charge >= 0.3 is 0 Å². The minimum absolute atomic E-state index is 0.132. The largest absolute Gasteiger partial charge is 0.506 e. The van der Waals surface area contributed by atoms with E-state index in [9.17, 15) is 5.11 Å². The Labute approximate surface area is 92.0 Å². The molecule has 76 valence electrons. The van der Waals surface area contributed by atoms with Crippen LogP contribution in [0.25, 0.3) is 0 Å². The van der Waals surface area contributed by atoms with E-state index in [1.54, 1.807) is 12.1 Å². The molecular formula is C10H13BrN2O. The van der Waals surface area contributed by atoms with Crippen LogP contribution < -0.4 is 0 Å². The molecule has 0 saturated carbocycles. The lowest BCUT2D eigenvalue weighted by Gasteiger charge is -2.09. The highest BCUT2D eigenvalue weighted by Crippen LogP contribution is 2.30. The van der Waals surface area contributed by atoms with Crippen molar-refractivity contribution in [2.24, 2.45) is 10.2 Å². The van der Waals surface area contributed by atoms with E-state index < -0.39 is 0 Å². The molecule has 0 unspecified atom stereocenters. The fraction of sp³-hybridized carbons (Fsp3) is 0.400. The van der Waals surface area contributed by atoms with Gasteiger partial charge in [0.05, 0.1) is 5.54 Å². The van der Waals surface area contributed by atoms with Gasteiger partial charge in [-0.2, -0.15) is 10.2 Å². The van der Waals surface area contributed by atoms with Crippen LogP contribution in [-0.2, 0) is 0 Å². The maximum Gasteiger partial charge on any atom is 0.144 e. The number of rotatable bonds is 1. The third-order valence-corrected chi connectivity index (χ3v) is 1.89. The Morgan fingerprint density at radius 1 is 1.29 bits per heavy atom. The third kappa shape index (κ3) is 3.46. The molecule has 4 heteroatoms. The molecule has 0 bridgehead atoms. The molecule has 0 amide bonds. The zero-order chi connectivity index (χ0) is 10.8. The van der Waals surface area contributed by atoms with Gasteiger partial charge in [0, 0.05) is 4.47 Å². The van der Waals surface area contributed by atoms with Gasteiger partial charge in [0.2, 0.25) is 0 Å². The van der Waals surface area contributed by atoms with Gasteiger partial charge < -0.3 is 5.11 Å². The van der Waals surface area contributed by atoms with Crippen LogP contribution >= 0.6 is 15.9 Å². The first-order valence-corrected chi connectivity index (χ1v) is 5.09. The van der Waals surface area contributed by atoms with Crippen LogP contribution in [0.1, 0.15) is 20.8 Å². The summed E-state index contributed by atoms with van der Waals surface area (Å²) in [6, 6.07) is 5.13. The van der Waals surface area contributed by atoms with Crippen molar-refractivity contribution in [1.29, 1.82) is 0 Å². The minimum Gasteiger partial charge on any atom is -0.506 e. The average molecular weight is 257 g/mol. The third-order valence-electron chi connectivity index (χ3n) is 1.40. The second-order valence-corrected chi connectivity index (χ2v) is 4.92. The van der Waals surface area contributed by atoms with Crippen LogP contribution in [0, 0.1) is 0 Å². The summed E-state index contributed by atoms with van der Waals surface area (Å²) in [5.41, 5.74) is 0.266. The first-order chi connectivity index (χ1) is 6.38. The zero-order valence-corrected chi connectivity index (χ0v) is 10.0. The van der Waals surface area contributed by atoms with Gasteiger partial charge in [0.25, 0.3) is 0 Å². The van der Waals surface area contributed by atoms with E-state index in [1.165, 1.54) is 0 Å². The molecule has 3 nitrogen and oxygen atoms in total. The molecule has 0 atom stereocenters. The number of hydrogen-bond donors (Lipinski definition) is 1. The summed E-state index contributed by atoms with van der Waals surface area (Å²) < 4.78 is 0.824. The van der Waals surface area contributed by atoms with Crippen LogP contribution in [0.3, 0.4) is 0 Å². The number of aromatic hydroxyl groups is 1. The fourth-order valence-electron chi connectivity index (χ4n) is 0.785. The minimum atomic E-state index is -0.223. The van der Waals surface area contributed by atoms with Crippen molar-refractivity contribution in [3.63, 3.8) is 0 Å². The molecule has 1 rings (SSSR count). The Morgan fingerprint density at radius 2 is 1.93 bits per heavy atom. The van der Waals surface area contributed by atoms with E-state index in [4.69, 9.17) is 0 Å². The van der Waals surface area contributed by atoms with E-state index >= 15 is 0 Å². The Kier molecular flexibility index (Phi) is 3.26. The average Bonchev–Trinajstić information content (AvgIpc) is 2.00. The molecule has 0 aliphatic carbocycles. The monoisotopic (exact) mass is 256 g/mol. The molecule has 0 fully saturated rings. The molecule has 0 heterocycles. The lowest BCUT2D eigenvalue weighted by atomic mass is 10.1. The lowest BCUT2D eigenvalue weighted by Crippen LogP contribution is -2.07. The van der Waals surface area contributed by atoms with E-state index in [0.29, 0.717) is 5.69 Å². The van der Waals surface area contributed by atoms with Gasteiger partial charge in [-0.1, -0.05) is 15.9 Å². The number of hydrogen-bond acceptors (Lipinski definition) is 3. The zero-order valence-electron chi connectivity index (χ0n) is 8.45. The van der Waals surface area contributed by atoms with Crippen molar-refractivity contribution in [3.8, 4) is 5.75 Å². The second-order valence-electron chi connectivity index (χ2n) is 4.00. The molecule has 0 radical (unpaired) electrons. The van der Waals surface area contributed by atoms with Crippen LogP contribution in [0.2, 0.25) is 0 Å². The molecule has 0 aliphatic heterocycles. The summed E-state index contributed by atoms with van der Waals surface area (Å²) in [5, 5.41) is 17.5. The lowest BCUT2D eigenvalue weighted by molar-refractivity contribution is 0.474. The quantitative estimate of drug-likeness (QED) is 0.758. The summed E-state index contributed by atoms with van der Waals surface area (Å²) >= 11 is 3.25. The van der Waals surface area contributed by atoms with Gasteiger partial charge in [-0.15, -0.1) is 0 Å². The molecule has 1 N–H and O–H groups in total. The predicted octanol–water partition coefficient (Wildman–Crippen LogP) is 4.04. The number of azo groups is 1. The summed E-state index contributed by atoms with van der Waals surface area (Å²) in [7, 11) is 0. The van der Waals surface area contributed by atoms with Crippen LogP contribution in [0.4, 0.5) is 5.69 Å².